The van der Waals surface area contributed by atoms with Gasteiger partial charge in [-0.2, -0.15) is 0 Å². The van der Waals surface area contributed by atoms with Gasteiger partial charge in [0.25, 0.3) is 5.91 Å². The zero-order valence-corrected chi connectivity index (χ0v) is 15.9. The summed E-state index contributed by atoms with van der Waals surface area (Å²) in [6, 6.07) is 5.45. The molecular formula is C22H29N3O2. The van der Waals surface area contributed by atoms with Crippen molar-refractivity contribution in [1.82, 2.24) is 15.6 Å². The number of hydrogen-bond acceptors (Lipinski definition) is 3. The van der Waals surface area contributed by atoms with Gasteiger partial charge in [0.2, 0.25) is 5.91 Å². The van der Waals surface area contributed by atoms with Crippen molar-refractivity contribution in [2.75, 3.05) is 0 Å². The summed E-state index contributed by atoms with van der Waals surface area (Å²) in [4.78, 5) is 29.9. The summed E-state index contributed by atoms with van der Waals surface area (Å²) in [5, 5.41) is 6.85. The third-order valence-electron chi connectivity index (χ3n) is 7.45. The lowest BCUT2D eigenvalue weighted by Gasteiger charge is -2.62. The van der Waals surface area contributed by atoms with Crippen LogP contribution in [-0.2, 0) is 4.79 Å². The van der Waals surface area contributed by atoms with Gasteiger partial charge < -0.3 is 10.6 Å². The first-order valence-corrected chi connectivity index (χ1v) is 10.6. The summed E-state index contributed by atoms with van der Waals surface area (Å²) in [5.41, 5.74) is 0.195. The molecule has 0 spiro atoms. The summed E-state index contributed by atoms with van der Waals surface area (Å²) in [7, 11) is 0. The topological polar surface area (TPSA) is 71.1 Å². The van der Waals surface area contributed by atoms with E-state index in [2.05, 4.69) is 15.6 Å². The molecule has 2 atom stereocenters. The second-order valence-corrected chi connectivity index (χ2v) is 9.66. The predicted octanol–water partition coefficient (Wildman–Crippen LogP) is 3.21. The minimum atomic E-state index is -0.179. The van der Waals surface area contributed by atoms with Crippen LogP contribution in [0.15, 0.2) is 24.4 Å². The highest BCUT2D eigenvalue weighted by Crippen LogP contribution is 2.57. The monoisotopic (exact) mass is 367 g/mol. The van der Waals surface area contributed by atoms with Crippen LogP contribution < -0.4 is 10.6 Å². The minimum absolute atomic E-state index is 0.0742. The molecule has 0 aliphatic heterocycles. The smallest absolute Gasteiger partial charge is 0.270 e. The molecular weight excluding hydrogens is 338 g/mol. The third kappa shape index (κ3) is 3.15. The molecule has 0 aromatic carbocycles. The van der Waals surface area contributed by atoms with Crippen LogP contribution in [0.4, 0.5) is 0 Å². The van der Waals surface area contributed by atoms with Crippen LogP contribution in [0.25, 0.3) is 0 Å². The molecule has 4 bridgehead atoms. The lowest BCUT2D eigenvalue weighted by atomic mass is 9.49. The van der Waals surface area contributed by atoms with Crippen molar-refractivity contribution in [3.63, 3.8) is 0 Å². The fourth-order valence-electron chi connectivity index (χ4n) is 6.91. The van der Waals surface area contributed by atoms with E-state index in [1.165, 1.54) is 19.3 Å². The molecule has 144 valence electrons. The SMILES string of the molecule is O=C(NC12CC3CC(C1)CC(NC(=O)C1CCCC1)(C3)C2)c1ccccn1. The number of rotatable bonds is 4. The van der Waals surface area contributed by atoms with Crippen molar-refractivity contribution in [3.8, 4) is 0 Å². The standard InChI is InChI=1S/C22H29N3O2/c26-19(17-5-1-2-6-17)24-21-10-15-9-16(11-21)13-22(12-15,14-21)25-20(27)18-7-3-4-8-23-18/h3-4,7-8,15-17H,1-2,5-6,9-14H2,(H,24,26)(H,25,27). The maximum Gasteiger partial charge on any atom is 0.270 e. The van der Waals surface area contributed by atoms with Crippen LogP contribution in [0.1, 0.15) is 74.7 Å². The zero-order chi connectivity index (χ0) is 18.5. The molecule has 5 aliphatic rings. The van der Waals surface area contributed by atoms with Crippen molar-refractivity contribution >= 4 is 11.8 Å². The van der Waals surface area contributed by atoms with Crippen molar-refractivity contribution in [2.24, 2.45) is 17.8 Å². The Bertz CT molecular complexity index is 727. The molecule has 5 heteroatoms. The molecule has 5 saturated carbocycles. The Balaban J connectivity index is 1.35. The molecule has 0 radical (unpaired) electrons. The summed E-state index contributed by atoms with van der Waals surface area (Å²) < 4.78 is 0. The molecule has 2 unspecified atom stereocenters. The summed E-state index contributed by atoms with van der Waals surface area (Å²) >= 11 is 0. The van der Waals surface area contributed by atoms with Crippen LogP contribution in [0.5, 0.6) is 0 Å². The molecule has 27 heavy (non-hydrogen) atoms. The van der Waals surface area contributed by atoms with Gasteiger partial charge in [0.05, 0.1) is 0 Å². The van der Waals surface area contributed by atoms with Gasteiger partial charge in [-0.1, -0.05) is 18.9 Å². The number of pyridine rings is 1. The zero-order valence-electron chi connectivity index (χ0n) is 15.9. The largest absolute Gasteiger partial charge is 0.350 e. The van der Waals surface area contributed by atoms with E-state index in [1.54, 1.807) is 12.3 Å². The molecule has 0 saturated heterocycles. The molecule has 5 fully saturated rings. The molecule has 6 rings (SSSR count). The fourth-order valence-corrected chi connectivity index (χ4v) is 6.91. The van der Waals surface area contributed by atoms with Gasteiger partial charge in [0.1, 0.15) is 5.69 Å². The second kappa shape index (κ2) is 6.32. The normalized spacial score (nSPS) is 37.3. The molecule has 1 heterocycles. The molecule has 5 nitrogen and oxygen atoms in total. The average molecular weight is 367 g/mol. The summed E-state index contributed by atoms with van der Waals surface area (Å²) in [6.45, 7) is 0. The number of amides is 2. The van der Waals surface area contributed by atoms with Crippen LogP contribution in [-0.4, -0.2) is 27.9 Å². The van der Waals surface area contributed by atoms with E-state index in [0.717, 1.165) is 44.9 Å². The first-order valence-electron chi connectivity index (χ1n) is 10.6. The van der Waals surface area contributed by atoms with E-state index < -0.39 is 0 Å². The fraction of sp³-hybridized carbons (Fsp3) is 0.682. The van der Waals surface area contributed by atoms with E-state index in [0.29, 0.717) is 17.5 Å². The van der Waals surface area contributed by atoms with Gasteiger partial charge in [-0.3, -0.25) is 14.6 Å². The lowest BCUT2D eigenvalue weighted by Crippen LogP contribution is -2.70. The summed E-state index contributed by atoms with van der Waals surface area (Å²) in [5.74, 6) is 1.62. The summed E-state index contributed by atoms with van der Waals surface area (Å²) in [6.07, 6.45) is 12.5. The molecule has 2 N–H and O–H groups in total. The van der Waals surface area contributed by atoms with E-state index in [-0.39, 0.29) is 28.8 Å². The Morgan fingerprint density at radius 2 is 1.63 bits per heavy atom. The Kier molecular flexibility index (Phi) is 4.03. The Labute approximate surface area is 160 Å². The number of nitrogens with zero attached hydrogens (tertiary/aromatic N) is 1. The number of carbonyl (C=O) groups is 2. The number of carbonyl (C=O) groups excluding carboxylic acids is 2. The highest BCUT2D eigenvalue weighted by molar-refractivity contribution is 5.92. The van der Waals surface area contributed by atoms with Crippen LogP contribution in [0.2, 0.25) is 0 Å². The second-order valence-electron chi connectivity index (χ2n) is 9.66. The average Bonchev–Trinajstić information content (AvgIpc) is 3.15. The first-order chi connectivity index (χ1) is 13.0. The van der Waals surface area contributed by atoms with E-state index in [1.807, 2.05) is 12.1 Å². The maximum atomic E-state index is 12.9. The van der Waals surface area contributed by atoms with E-state index >= 15 is 0 Å². The minimum Gasteiger partial charge on any atom is -0.350 e. The van der Waals surface area contributed by atoms with Crippen molar-refractivity contribution in [3.05, 3.63) is 30.1 Å². The van der Waals surface area contributed by atoms with Gasteiger partial charge in [0, 0.05) is 23.2 Å². The third-order valence-corrected chi connectivity index (χ3v) is 7.45. The number of aromatic nitrogens is 1. The highest BCUT2D eigenvalue weighted by atomic mass is 16.2. The molecule has 5 aliphatic carbocycles. The Morgan fingerprint density at radius 3 is 2.26 bits per heavy atom. The predicted molar refractivity (Wildman–Crippen MR) is 102 cm³/mol. The molecule has 1 aromatic heterocycles. The van der Waals surface area contributed by atoms with Crippen LogP contribution >= 0.6 is 0 Å². The van der Waals surface area contributed by atoms with E-state index in [9.17, 15) is 9.59 Å². The van der Waals surface area contributed by atoms with Crippen molar-refractivity contribution in [1.29, 1.82) is 0 Å². The lowest BCUT2D eigenvalue weighted by molar-refractivity contribution is -0.131. The number of nitrogens with one attached hydrogen (secondary N) is 2. The van der Waals surface area contributed by atoms with Gasteiger partial charge >= 0.3 is 0 Å². The van der Waals surface area contributed by atoms with Gasteiger partial charge in [-0.15, -0.1) is 0 Å². The number of hydrogen-bond donors (Lipinski definition) is 2. The van der Waals surface area contributed by atoms with E-state index in [4.69, 9.17) is 0 Å². The quantitative estimate of drug-likeness (QED) is 0.858. The van der Waals surface area contributed by atoms with Crippen LogP contribution in [0.3, 0.4) is 0 Å². The molecule has 2 amide bonds. The Morgan fingerprint density at radius 1 is 0.963 bits per heavy atom. The maximum absolute atomic E-state index is 12.9. The van der Waals surface area contributed by atoms with Gasteiger partial charge in [-0.25, -0.2) is 0 Å². The highest BCUT2D eigenvalue weighted by Gasteiger charge is 2.59. The van der Waals surface area contributed by atoms with Crippen LogP contribution in [0, 0.1) is 17.8 Å². The molecule has 1 aromatic rings. The first kappa shape index (κ1) is 17.2. The van der Waals surface area contributed by atoms with Crippen molar-refractivity contribution < 1.29 is 9.59 Å². The van der Waals surface area contributed by atoms with Gasteiger partial charge in [-0.05, 0) is 75.3 Å². The Hall–Kier alpha value is -1.91. The van der Waals surface area contributed by atoms with Gasteiger partial charge in [0.15, 0.2) is 0 Å². The van der Waals surface area contributed by atoms with Crippen molar-refractivity contribution in [2.45, 2.75) is 75.3 Å².